The zero-order valence-electron chi connectivity index (χ0n) is 21.0. The Labute approximate surface area is 204 Å². The highest BCUT2D eigenvalue weighted by Gasteiger charge is 2.46. The lowest BCUT2D eigenvalue weighted by Gasteiger charge is -2.44. The lowest BCUT2D eigenvalue weighted by atomic mass is 9.74. The maximum absolute atomic E-state index is 12.7. The van der Waals surface area contributed by atoms with Crippen molar-refractivity contribution >= 4 is 17.7 Å². The number of benzene rings is 1. The molecule has 6 nitrogen and oxygen atoms in total. The summed E-state index contributed by atoms with van der Waals surface area (Å²) in [7, 11) is 0. The van der Waals surface area contributed by atoms with E-state index < -0.39 is 0 Å². The second-order valence-electron chi connectivity index (χ2n) is 10.3. The Morgan fingerprint density at radius 1 is 1.24 bits per heavy atom. The molecule has 4 rings (SSSR count). The van der Waals surface area contributed by atoms with Crippen molar-refractivity contribution < 1.29 is 14.3 Å². The highest BCUT2D eigenvalue weighted by molar-refractivity contribution is 5.94. The quantitative estimate of drug-likeness (QED) is 0.456. The smallest absolute Gasteiger partial charge is 0.410 e. The zero-order valence-corrected chi connectivity index (χ0v) is 21.0. The summed E-state index contributed by atoms with van der Waals surface area (Å²) in [5.41, 5.74) is 2.49. The van der Waals surface area contributed by atoms with Crippen LogP contribution in [0, 0.1) is 12.3 Å². The van der Waals surface area contributed by atoms with Gasteiger partial charge >= 0.3 is 6.09 Å². The molecular weight excluding hydrogens is 426 g/mol. The number of terminal acetylenes is 1. The molecule has 0 aromatic heterocycles. The van der Waals surface area contributed by atoms with Gasteiger partial charge in [0.2, 0.25) is 5.91 Å². The van der Waals surface area contributed by atoms with Gasteiger partial charge in [0.05, 0.1) is 0 Å². The fourth-order valence-corrected chi connectivity index (χ4v) is 6.45. The third-order valence-corrected chi connectivity index (χ3v) is 8.36. The van der Waals surface area contributed by atoms with Gasteiger partial charge in [-0.3, -0.25) is 4.79 Å². The summed E-state index contributed by atoms with van der Waals surface area (Å²) in [6, 6.07) is 9.30. The van der Waals surface area contributed by atoms with E-state index in [1.54, 1.807) is 6.92 Å². The molecule has 3 aliphatic rings. The Morgan fingerprint density at radius 2 is 1.97 bits per heavy atom. The van der Waals surface area contributed by atoms with Gasteiger partial charge in [0, 0.05) is 49.1 Å². The highest BCUT2D eigenvalue weighted by Crippen LogP contribution is 2.47. The molecule has 0 aliphatic carbocycles. The lowest BCUT2D eigenvalue weighted by molar-refractivity contribution is -0.116. The van der Waals surface area contributed by atoms with E-state index in [4.69, 9.17) is 11.2 Å². The maximum Gasteiger partial charge on any atom is 0.410 e. The Morgan fingerprint density at radius 3 is 2.65 bits per heavy atom. The Hall–Kier alpha value is -2.52. The van der Waals surface area contributed by atoms with Crippen LogP contribution in [-0.2, 0) is 14.9 Å². The van der Waals surface area contributed by atoms with Crippen LogP contribution in [-0.4, -0.2) is 66.2 Å². The van der Waals surface area contributed by atoms with Crippen LogP contribution in [0.1, 0.15) is 71.3 Å². The van der Waals surface area contributed by atoms with E-state index in [1.807, 2.05) is 15.9 Å². The molecule has 1 spiro atoms. The molecule has 3 heterocycles. The number of ether oxygens (including phenoxy) is 1. The second-order valence-corrected chi connectivity index (χ2v) is 10.3. The van der Waals surface area contributed by atoms with Gasteiger partial charge in [-0.05, 0) is 70.2 Å². The standard InChI is InChI=1S/C28H39N3O3/c1-5-7-18-34-27(33)31-21(3)12-13-24(31)19-23(6-2)29-16-14-28(15-17-29)20-30(22(4)32)26-11-9-8-10-25(26)28/h1,8-11,21,23-24H,6-7,12-20H2,2-4H3. The number of amides is 2. The molecule has 1 aromatic rings. The van der Waals surface area contributed by atoms with E-state index in [9.17, 15) is 9.59 Å². The molecule has 3 unspecified atom stereocenters. The number of likely N-dealkylation sites (tertiary alicyclic amines) is 2. The molecule has 0 bridgehead atoms. The van der Waals surface area contributed by atoms with Gasteiger partial charge in [-0.25, -0.2) is 4.79 Å². The van der Waals surface area contributed by atoms with Crippen LogP contribution in [0.4, 0.5) is 10.5 Å². The fraction of sp³-hybridized carbons (Fsp3) is 0.643. The minimum atomic E-state index is -0.218. The van der Waals surface area contributed by atoms with Crippen molar-refractivity contribution in [2.24, 2.45) is 0 Å². The van der Waals surface area contributed by atoms with Crippen LogP contribution >= 0.6 is 0 Å². The van der Waals surface area contributed by atoms with Gasteiger partial charge in [0.25, 0.3) is 0 Å². The van der Waals surface area contributed by atoms with Crippen LogP contribution in [0.5, 0.6) is 0 Å². The Balaban J connectivity index is 1.40. The number of para-hydroxylation sites is 1. The molecule has 184 valence electrons. The van der Waals surface area contributed by atoms with Crippen molar-refractivity contribution in [3.63, 3.8) is 0 Å². The summed E-state index contributed by atoms with van der Waals surface area (Å²) in [6.07, 6.45) is 11.7. The number of hydrogen-bond acceptors (Lipinski definition) is 4. The third-order valence-electron chi connectivity index (χ3n) is 8.36. The van der Waals surface area contributed by atoms with Crippen molar-refractivity contribution in [3.05, 3.63) is 29.8 Å². The average molecular weight is 466 g/mol. The predicted octanol–water partition coefficient (Wildman–Crippen LogP) is 4.57. The van der Waals surface area contributed by atoms with Gasteiger partial charge in [-0.15, -0.1) is 12.3 Å². The first-order valence-electron chi connectivity index (χ1n) is 12.9. The second kappa shape index (κ2) is 10.4. The topological polar surface area (TPSA) is 53.1 Å². The summed E-state index contributed by atoms with van der Waals surface area (Å²) < 4.78 is 5.45. The summed E-state index contributed by atoms with van der Waals surface area (Å²) in [5, 5.41) is 0. The van der Waals surface area contributed by atoms with Gasteiger partial charge in [0.15, 0.2) is 0 Å². The van der Waals surface area contributed by atoms with Gasteiger partial charge in [-0.1, -0.05) is 25.1 Å². The van der Waals surface area contributed by atoms with Crippen molar-refractivity contribution in [2.75, 3.05) is 31.1 Å². The minimum Gasteiger partial charge on any atom is -0.448 e. The van der Waals surface area contributed by atoms with Crippen LogP contribution in [0.15, 0.2) is 24.3 Å². The summed E-state index contributed by atoms with van der Waals surface area (Å²) in [4.78, 5) is 31.6. The van der Waals surface area contributed by atoms with E-state index in [0.717, 1.165) is 63.8 Å². The van der Waals surface area contributed by atoms with E-state index in [-0.39, 0.29) is 36.1 Å². The number of hydrogen-bond donors (Lipinski definition) is 0. The maximum atomic E-state index is 12.7. The molecule has 34 heavy (non-hydrogen) atoms. The zero-order chi connectivity index (χ0) is 24.3. The number of fused-ring (bicyclic) bond motifs is 2. The molecule has 2 amide bonds. The normalized spacial score (nSPS) is 24.6. The first-order valence-corrected chi connectivity index (χ1v) is 12.9. The van der Waals surface area contributed by atoms with Crippen LogP contribution < -0.4 is 4.90 Å². The molecule has 0 radical (unpaired) electrons. The SMILES string of the molecule is C#CCCOC(=O)N1C(C)CCC1CC(CC)N1CCC2(CC1)CN(C(C)=O)c1ccccc12. The van der Waals surface area contributed by atoms with E-state index in [0.29, 0.717) is 12.5 Å². The molecule has 0 N–H and O–H groups in total. The minimum absolute atomic E-state index is 0.0613. The molecule has 1 aromatic carbocycles. The largest absolute Gasteiger partial charge is 0.448 e. The Bertz CT molecular complexity index is 931. The highest BCUT2D eigenvalue weighted by atomic mass is 16.6. The van der Waals surface area contributed by atoms with Crippen molar-refractivity contribution in [1.82, 2.24) is 9.80 Å². The van der Waals surface area contributed by atoms with Crippen LogP contribution in [0.25, 0.3) is 0 Å². The predicted molar refractivity (Wildman–Crippen MR) is 135 cm³/mol. The molecule has 0 saturated carbocycles. The van der Waals surface area contributed by atoms with Gasteiger partial charge in [0.1, 0.15) is 6.61 Å². The number of rotatable bonds is 6. The Kier molecular flexibility index (Phi) is 7.52. The summed E-state index contributed by atoms with van der Waals surface area (Å²) in [5.74, 6) is 2.66. The van der Waals surface area contributed by atoms with Crippen LogP contribution in [0.3, 0.4) is 0 Å². The fourth-order valence-electron chi connectivity index (χ4n) is 6.45. The van der Waals surface area contributed by atoms with E-state index in [2.05, 4.69) is 42.9 Å². The number of carbonyl (C=O) groups is 2. The monoisotopic (exact) mass is 465 g/mol. The third kappa shape index (κ3) is 4.68. The molecule has 2 fully saturated rings. The average Bonchev–Trinajstić information content (AvgIpc) is 3.36. The number of carbonyl (C=O) groups excluding carboxylic acids is 2. The van der Waals surface area contributed by atoms with Crippen molar-refractivity contribution in [1.29, 1.82) is 0 Å². The number of piperidine rings is 1. The molecule has 3 aliphatic heterocycles. The molecule has 6 heteroatoms. The van der Waals surface area contributed by atoms with Gasteiger partial charge in [-0.2, -0.15) is 0 Å². The van der Waals surface area contributed by atoms with Gasteiger partial charge < -0.3 is 19.4 Å². The number of nitrogens with zero attached hydrogens (tertiary/aromatic N) is 3. The van der Waals surface area contributed by atoms with E-state index >= 15 is 0 Å². The lowest BCUT2D eigenvalue weighted by Crippen LogP contribution is -2.51. The summed E-state index contributed by atoms with van der Waals surface area (Å²) >= 11 is 0. The molecule has 3 atom stereocenters. The molecule has 2 saturated heterocycles. The van der Waals surface area contributed by atoms with E-state index in [1.165, 1.54) is 5.56 Å². The first kappa shape index (κ1) is 24.6. The summed E-state index contributed by atoms with van der Waals surface area (Å²) in [6.45, 7) is 9.17. The van der Waals surface area contributed by atoms with Crippen LogP contribution in [0.2, 0.25) is 0 Å². The first-order chi connectivity index (χ1) is 16.4. The van der Waals surface area contributed by atoms with Crippen molar-refractivity contribution in [2.45, 2.75) is 89.3 Å². The number of anilines is 1. The molecular formula is C28H39N3O3. The van der Waals surface area contributed by atoms with Crippen molar-refractivity contribution in [3.8, 4) is 12.3 Å².